The van der Waals surface area contributed by atoms with E-state index in [0.717, 1.165) is 56.0 Å². The molecular weight excluding hydrogens is 370 g/mol. The van der Waals surface area contributed by atoms with Crippen molar-refractivity contribution in [1.82, 2.24) is 20.2 Å². The lowest BCUT2D eigenvalue weighted by molar-refractivity contribution is 0.0767. The van der Waals surface area contributed by atoms with Crippen molar-refractivity contribution in [2.45, 2.75) is 25.4 Å². The minimum atomic E-state index is -0.0833. The average Bonchev–Trinajstić information content (AvgIpc) is 3.17. The van der Waals surface area contributed by atoms with Gasteiger partial charge in [0.05, 0.1) is 6.61 Å². The Labute approximate surface area is 170 Å². The standard InChI is InChI=1S/C21H27N5O3/c1-25(10-11-27)21(28)16-2-3-18-15(12-16)6-9-26(18)19-13-20(24-14-23-19)29-17-4-7-22-8-5-17/h2-3,12-14,17,22,27H,4-11H2,1H3. The number of aliphatic hydroxyl groups is 1. The molecule has 1 aromatic carbocycles. The zero-order chi connectivity index (χ0) is 20.2. The maximum Gasteiger partial charge on any atom is 0.253 e. The minimum absolute atomic E-state index is 0.0452. The maximum atomic E-state index is 12.5. The van der Waals surface area contributed by atoms with Crippen LogP contribution in [0.4, 0.5) is 11.5 Å². The van der Waals surface area contributed by atoms with Crippen LogP contribution in [0.3, 0.4) is 0 Å². The number of carbonyl (C=O) groups is 1. The van der Waals surface area contributed by atoms with Crippen LogP contribution in [0.1, 0.15) is 28.8 Å². The molecule has 1 fully saturated rings. The van der Waals surface area contributed by atoms with Crippen LogP contribution in [0.15, 0.2) is 30.6 Å². The van der Waals surface area contributed by atoms with Crippen LogP contribution in [0, 0.1) is 0 Å². The summed E-state index contributed by atoms with van der Waals surface area (Å²) in [5.74, 6) is 1.33. The zero-order valence-corrected chi connectivity index (χ0v) is 16.7. The van der Waals surface area contributed by atoms with Crippen LogP contribution in [-0.4, -0.2) is 71.8 Å². The van der Waals surface area contributed by atoms with Gasteiger partial charge in [0.1, 0.15) is 18.2 Å². The van der Waals surface area contributed by atoms with E-state index in [1.165, 1.54) is 4.90 Å². The molecule has 2 N–H and O–H groups in total. The Morgan fingerprint density at radius 2 is 2.14 bits per heavy atom. The molecule has 0 bridgehead atoms. The molecule has 4 rings (SSSR count). The van der Waals surface area contributed by atoms with Crippen LogP contribution in [0.25, 0.3) is 0 Å². The second-order valence-electron chi connectivity index (χ2n) is 7.48. The lowest BCUT2D eigenvalue weighted by Crippen LogP contribution is -2.34. The summed E-state index contributed by atoms with van der Waals surface area (Å²) < 4.78 is 6.06. The van der Waals surface area contributed by atoms with Gasteiger partial charge in [-0.1, -0.05) is 0 Å². The molecule has 2 aromatic rings. The van der Waals surface area contributed by atoms with Gasteiger partial charge in [-0.15, -0.1) is 0 Å². The van der Waals surface area contributed by atoms with E-state index >= 15 is 0 Å². The molecule has 1 amide bonds. The normalized spacial score (nSPS) is 16.6. The highest BCUT2D eigenvalue weighted by molar-refractivity contribution is 5.95. The third kappa shape index (κ3) is 4.33. The first kappa shape index (κ1) is 19.6. The van der Waals surface area contributed by atoms with E-state index in [2.05, 4.69) is 20.2 Å². The number of likely N-dealkylation sites (N-methyl/N-ethyl adjacent to an activating group) is 1. The van der Waals surface area contributed by atoms with E-state index in [1.807, 2.05) is 24.3 Å². The lowest BCUT2D eigenvalue weighted by Gasteiger charge is -2.24. The number of anilines is 2. The molecule has 0 atom stereocenters. The van der Waals surface area contributed by atoms with E-state index in [1.54, 1.807) is 13.4 Å². The first-order valence-corrected chi connectivity index (χ1v) is 10.1. The van der Waals surface area contributed by atoms with E-state index < -0.39 is 0 Å². The number of fused-ring (bicyclic) bond motifs is 1. The topological polar surface area (TPSA) is 90.8 Å². The van der Waals surface area contributed by atoms with Gasteiger partial charge < -0.3 is 25.0 Å². The molecule has 29 heavy (non-hydrogen) atoms. The fourth-order valence-corrected chi connectivity index (χ4v) is 3.87. The number of nitrogens with zero attached hydrogens (tertiary/aromatic N) is 4. The number of rotatable bonds is 6. The number of piperidine rings is 1. The van der Waals surface area contributed by atoms with Gasteiger partial charge in [0.25, 0.3) is 5.91 Å². The Hall–Kier alpha value is -2.71. The molecule has 2 aliphatic heterocycles. The van der Waals surface area contributed by atoms with Crippen molar-refractivity contribution in [2.75, 3.05) is 44.7 Å². The second kappa shape index (κ2) is 8.75. The molecule has 8 nitrogen and oxygen atoms in total. The van der Waals surface area contributed by atoms with Gasteiger partial charge in [-0.05, 0) is 56.1 Å². The van der Waals surface area contributed by atoms with Gasteiger partial charge in [-0.2, -0.15) is 0 Å². The summed E-state index contributed by atoms with van der Waals surface area (Å²) in [5.41, 5.74) is 2.81. The fourth-order valence-electron chi connectivity index (χ4n) is 3.87. The molecule has 0 radical (unpaired) electrons. The predicted molar refractivity (Wildman–Crippen MR) is 110 cm³/mol. The number of hydrogen-bond acceptors (Lipinski definition) is 7. The van der Waals surface area contributed by atoms with Gasteiger partial charge in [0, 0.05) is 37.5 Å². The zero-order valence-electron chi connectivity index (χ0n) is 16.7. The van der Waals surface area contributed by atoms with Gasteiger partial charge in [-0.3, -0.25) is 4.79 Å². The van der Waals surface area contributed by atoms with Crippen molar-refractivity contribution < 1.29 is 14.6 Å². The van der Waals surface area contributed by atoms with Crippen LogP contribution in [-0.2, 0) is 6.42 Å². The summed E-state index contributed by atoms with van der Waals surface area (Å²) in [7, 11) is 1.70. The summed E-state index contributed by atoms with van der Waals surface area (Å²) in [6.07, 6.45) is 4.54. The van der Waals surface area contributed by atoms with Crippen molar-refractivity contribution >= 4 is 17.4 Å². The SMILES string of the molecule is CN(CCO)C(=O)c1ccc2c(c1)CCN2c1cc(OC2CCNCC2)ncn1. The number of benzene rings is 1. The average molecular weight is 397 g/mol. The van der Waals surface area contributed by atoms with Crippen molar-refractivity contribution in [3.05, 3.63) is 41.7 Å². The number of amides is 1. The van der Waals surface area contributed by atoms with E-state index in [0.29, 0.717) is 18.0 Å². The minimum Gasteiger partial charge on any atom is -0.474 e. The van der Waals surface area contributed by atoms with Gasteiger partial charge in [0.2, 0.25) is 5.88 Å². The summed E-state index contributed by atoms with van der Waals surface area (Å²) in [4.78, 5) is 24.9. The van der Waals surface area contributed by atoms with Crippen molar-refractivity contribution in [3.8, 4) is 5.88 Å². The first-order valence-electron chi connectivity index (χ1n) is 10.1. The monoisotopic (exact) mass is 397 g/mol. The maximum absolute atomic E-state index is 12.5. The number of carbonyl (C=O) groups excluding carboxylic acids is 1. The Kier molecular flexibility index (Phi) is 5.92. The van der Waals surface area contributed by atoms with Crippen molar-refractivity contribution in [2.24, 2.45) is 0 Å². The summed E-state index contributed by atoms with van der Waals surface area (Å²) in [6, 6.07) is 7.64. The highest BCUT2D eigenvalue weighted by atomic mass is 16.5. The molecule has 0 saturated carbocycles. The molecule has 0 spiro atoms. The fraction of sp³-hybridized carbons (Fsp3) is 0.476. The first-order chi connectivity index (χ1) is 14.2. The van der Waals surface area contributed by atoms with E-state index in [-0.39, 0.29) is 18.6 Å². The van der Waals surface area contributed by atoms with Crippen LogP contribution in [0.5, 0.6) is 5.88 Å². The number of nitrogens with one attached hydrogen (secondary N) is 1. The molecule has 8 heteroatoms. The Morgan fingerprint density at radius 1 is 1.31 bits per heavy atom. The molecule has 1 aromatic heterocycles. The molecule has 3 heterocycles. The number of aliphatic hydroxyl groups excluding tert-OH is 1. The smallest absolute Gasteiger partial charge is 0.253 e. The van der Waals surface area contributed by atoms with E-state index in [9.17, 15) is 4.79 Å². The Bertz CT molecular complexity index is 869. The van der Waals surface area contributed by atoms with Crippen LogP contribution in [0.2, 0.25) is 0 Å². The molecule has 154 valence electrons. The van der Waals surface area contributed by atoms with E-state index in [4.69, 9.17) is 9.84 Å². The highest BCUT2D eigenvalue weighted by Gasteiger charge is 2.24. The summed E-state index contributed by atoms with van der Waals surface area (Å²) in [6.45, 7) is 3.01. The predicted octanol–water partition coefficient (Wildman–Crippen LogP) is 1.37. The number of hydrogen-bond donors (Lipinski definition) is 2. The van der Waals surface area contributed by atoms with Crippen molar-refractivity contribution in [3.63, 3.8) is 0 Å². The summed E-state index contributed by atoms with van der Waals surface area (Å²) >= 11 is 0. The molecule has 1 saturated heterocycles. The lowest BCUT2D eigenvalue weighted by atomic mass is 10.1. The molecular formula is C21H27N5O3. The molecule has 0 aliphatic carbocycles. The second-order valence-corrected chi connectivity index (χ2v) is 7.48. The highest BCUT2D eigenvalue weighted by Crippen LogP contribution is 2.35. The quantitative estimate of drug-likeness (QED) is 0.761. The largest absolute Gasteiger partial charge is 0.474 e. The van der Waals surface area contributed by atoms with Gasteiger partial charge in [-0.25, -0.2) is 9.97 Å². The number of aromatic nitrogens is 2. The number of ether oxygens (including phenoxy) is 1. The van der Waals surface area contributed by atoms with Gasteiger partial charge >= 0.3 is 0 Å². The van der Waals surface area contributed by atoms with Crippen LogP contribution >= 0.6 is 0 Å². The van der Waals surface area contributed by atoms with Crippen molar-refractivity contribution in [1.29, 1.82) is 0 Å². The molecule has 2 aliphatic rings. The Morgan fingerprint density at radius 3 is 2.93 bits per heavy atom. The van der Waals surface area contributed by atoms with Gasteiger partial charge in [0.15, 0.2) is 0 Å². The van der Waals surface area contributed by atoms with Crippen LogP contribution < -0.4 is 15.0 Å². The third-order valence-electron chi connectivity index (χ3n) is 5.48. The summed E-state index contributed by atoms with van der Waals surface area (Å²) in [5, 5.41) is 12.4. The Balaban J connectivity index is 1.50. The third-order valence-corrected chi connectivity index (χ3v) is 5.48. The molecule has 0 unspecified atom stereocenters.